The molecule has 0 aliphatic carbocycles. The van der Waals surface area contributed by atoms with Crippen molar-refractivity contribution < 1.29 is 0 Å². The standard InChI is InChI=1S/C22H28ClN7/c1-2-24-22(25-11-6-10-21-27-26-20-9-3-4-12-30(20)21)29-15-13-28(14-16-29)19-8-5-7-18(23)17-19/h3-5,7-9,12,17H,2,6,10-11,13-16H2,1H3,(H,24,25). The lowest BCUT2D eigenvalue weighted by Gasteiger charge is -2.37. The van der Waals surface area contributed by atoms with Crippen molar-refractivity contribution in [2.24, 2.45) is 4.99 Å². The molecule has 1 aromatic carbocycles. The van der Waals surface area contributed by atoms with Gasteiger partial charge in [-0.15, -0.1) is 10.2 Å². The van der Waals surface area contributed by atoms with Crippen LogP contribution in [0.5, 0.6) is 0 Å². The number of aromatic nitrogens is 3. The summed E-state index contributed by atoms with van der Waals surface area (Å²) in [5.74, 6) is 1.98. The van der Waals surface area contributed by atoms with E-state index in [1.807, 2.05) is 47.0 Å². The van der Waals surface area contributed by atoms with E-state index in [1.54, 1.807) is 0 Å². The maximum atomic E-state index is 6.15. The van der Waals surface area contributed by atoms with E-state index in [0.29, 0.717) is 0 Å². The summed E-state index contributed by atoms with van der Waals surface area (Å²) in [6.45, 7) is 7.52. The Hall–Kier alpha value is -2.80. The quantitative estimate of drug-likeness (QED) is 0.373. The summed E-state index contributed by atoms with van der Waals surface area (Å²) in [5, 5.41) is 12.7. The molecule has 30 heavy (non-hydrogen) atoms. The zero-order chi connectivity index (χ0) is 20.8. The van der Waals surface area contributed by atoms with E-state index in [4.69, 9.17) is 16.6 Å². The smallest absolute Gasteiger partial charge is 0.194 e. The zero-order valence-electron chi connectivity index (χ0n) is 17.3. The number of nitrogens with zero attached hydrogens (tertiary/aromatic N) is 6. The molecule has 1 aliphatic heterocycles. The third kappa shape index (κ3) is 4.84. The highest BCUT2D eigenvalue weighted by Gasteiger charge is 2.20. The third-order valence-electron chi connectivity index (χ3n) is 5.29. The van der Waals surface area contributed by atoms with Gasteiger partial charge in [0.05, 0.1) is 0 Å². The predicted molar refractivity (Wildman–Crippen MR) is 123 cm³/mol. The summed E-state index contributed by atoms with van der Waals surface area (Å²) in [5.41, 5.74) is 2.08. The van der Waals surface area contributed by atoms with Crippen LogP contribution in [-0.4, -0.2) is 64.7 Å². The van der Waals surface area contributed by atoms with Crippen molar-refractivity contribution in [2.75, 3.05) is 44.2 Å². The molecule has 1 fully saturated rings. The van der Waals surface area contributed by atoms with Crippen LogP contribution in [0, 0.1) is 0 Å². The lowest BCUT2D eigenvalue weighted by atomic mass is 10.2. The Morgan fingerprint density at radius 3 is 2.77 bits per heavy atom. The van der Waals surface area contributed by atoms with Gasteiger partial charge in [-0.2, -0.15) is 0 Å². The van der Waals surface area contributed by atoms with Crippen LogP contribution in [0.25, 0.3) is 5.65 Å². The van der Waals surface area contributed by atoms with E-state index in [-0.39, 0.29) is 0 Å². The van der Waals surface area contributed by atoms with Gasteiger partial charge < -0.3 is 15.1 Å². The second-order valence-electron chi connectivity index (χ2n) is 7.34. The Labute approximate surface area is 182 Å². The number of aliphatic imine (C=N–C) groups is 1. The molecule has 0 radical (unpaired) electrons. The minimum Gasteiger partial charge on any atom is -0.368 e. The number of piperazine rings is 1. The van der Waals surface area contributed by atoms with Gasteiger partial charge in [0.15, 0.2) is 11.6 Å². The Morgan fingerprint density at radius 1 is 1.10 bits per heavy atom. The van der Waals surface area contributed by atoms with E-state index in [0.717, 1.165) is 74.6 Å². The first-order chi connectivity index (χ1) is 14.7. The summed E-state index contributed by atoms with van der Waals surface area (Å²) < 4.78 is 2.05. The summed E-state index contributed by atoms with van der Waals surface area (Å²) in [7, 11) is 0. The van der Waals surface area contributed by atoms with Gasteiger partial charge in [-0.3, -0.25) is 9.39 Å². The maximum Gasteiger partial charge on any atom is 0.194 e. The second-order valence-corrected chi connectivity index (χ2v) is 7.77. The van der Waals surface area contributed by atoms with Crippen LogP contribution in [0.2, 0.25) is 5.02 Å². The molecule has 0 saturated carbocycles. The number of fused-ring (bicyclic) bond motifs is 1. The predicted octanol–water partition coefficient (Wildman–Crippen LogP) is 3.10. The Balaban J connectivity index is 1.31. The second kappa shape index (κ2) is 9.80. The number of rotatable bonds is 6. The largest absolute Gasteiger partial charge is 0.368 e. The Morgan fingerprint density at radius 2 is 1.97 bits per heavy atom. The monoisotopic (exact) mass is 425 g/mol. The number of hydrogen-bond donors (Lipinski definition) is 1. The lowest BCUT2D eigenvalue weighted by Crippen LogP contribution is -2.52. The van der Waals surface area contributed by atoms with Crippen LogP contribution in [0.1, 0.15) is 19.2 Å². The third-order valence-corrected chi connectivity index (χ3v) is 5.53. The molecule has 1 N–H and O–H groups in total. The van der Waals surface area contributed by atoms with E-state index in [1.165, 1.54) is 5.69 Å². The van der Waals surface area contributed by atoms with Crippen molar-refractivity contribution in [1.82, 2.24) is 24.8 Å². The van der Waals surface area contributed by atoms with Gasteiger partial charge in [0, 0.05) is 62.6 Å². The first-order valence-electron chi connectivity index (χ1n) is 10.6. The average Bonchev–Trinajstić information content (AvgIpc) is 3.19. The molecule has 0 atom stereocenters. The first kappa shape index (κ1) is 20.5. The number of benzene rings is 1. The molecule has 0 unspecified atom stereocenters. The number of anilines is 1. The maximum absolute atomic E-state index is 6.15. The highest BCUT2D eigenvalue weighted by molar-refractivity contribution is 6.30. The summed E-state index contributed by atoms with van der Waals surface area (Å²) in [4.78, 5) is 9.58. The molecule has 0 bridgehead atoms. The van der Waals surface area contributed by atoms with Crippen LogP contribution >= 0.6 is 11.6 Å². The molecule has 1 saturated heterocycles. The minimum absolute atomic E-state index is 0.762. The van der Waals surface area contributed by atoms with Crippen LogP contribution < -0.4 is 10.2 Å². The van der Waals surface area contributed by atoms with Gasteiger partial charge in [0.1, 0.15) is 5.82 Å². The van der Waals surface area contributed by atoms with Gasteiger partial charge in [-0.1, -0.05) is 23.7 Å². The van der Waals surface area contributed by atoms with Crippen LogP contribution in [0.3, 0.4) is 0 Å². The molecule has 7 nitrogen and oxygen atoms in total. The molecule has 1 aliphatic rings. The Kier molecular flexibility index (Phi) is 6.69. The first-order valence-corrected chi connectivity index (χ1v) is 10.9. The summed E-state index contributed by atoms with van der Waals surface area (Å²) in [6.07, 6.45) is 3.81. The Bertz CT molecular complexity index is 992. The highest BCUT2D eigenvalue weighted by atomic mass is 35.5. The average molecular weight is 426 g/mol. The molecular weight excluding hydrogens is 398 g/mol. The topological polar surface area (TPSA) is 61.1 Å². The molecule has 8 heteroatoms. The number of hydrogen-bond acceptors (Lipinski definition) is 4. The molecule has 4 rings (SSSR count). The molecule has 0 spiro atoms. The summed E-state index contributed by atoms with van der Waals surface area (Å²) >= 11 is 6.15. The molecule has 3 heterocycles. The fourth-order valence-corrected chi connectivity index (χ4v) is 3.94. The van der Waals surface area contributed by atoms with E-state index in [9.17, 15) is 0 Å². The van der Waals surface area contributed by atoms with Gasteiger partial charge in [-0.25, -0.2) is 0 Å². The van der Waals surface area contributed by atoms with Gasteiger partial charge >= 0.3 is 0 Å². The van der Waals surface area contributed by atoms with Crippen LogP contribution in [-0.2, 0) is 6.42 Å². The van der Waals surface area contributed by atoms with Crippen molar-refractivity contribution in [2.45, 2.75) is 19.8 Å². The van der Waals surface area contributed by atoms with Crippen molar-refractivity contribution >= 4 is 28.9 Å². The lowest BCUT2D eigenvalue weighted by molar-refractivity contribution is 0.372. The van der Waals surface area contributed by atoms with Crippen molar-refractivity contribution in [3.05, 3.63) is 59.5 Å². The fourth-order valence-electron chi connectivity index (χ4n) is 3.76. The SMILES string of the molecule is CCNC(=NCCCc1nnc2ccccn12)N1CCN(c2cccc(Cl)c2)CC1. The zero-order valence-corrected chi connectivity index (χ0v) is 18.1. The number of pyridine rings is 1. The fraction of sp³-hybridized carbons (Fsp3) is 0.409. The van der Waals surface area contributed by atoms with E-state index >= 15 is 0 Å². The van der Waals surface area contributed by atoms with E-state index < -0.39 is 0 Å². The van der Waals surface area contributed by atoms with Crippen molar-refractivity contribution in [1.29, 1.82) is 0 Å². The highest BCUT2D eigenvalue weighted by Crippen LogP contribution is 2.20. The minimum atomic E-state index is 0.762. The van der Waals surface area contributed by atoms with Crippen molar-refractivity contribution in [3.8, 4) is 0 Å². The normalized spacial score (nSPS) is 15.1. The molecule has 2 aromatic heterocycles. The van der Waals surface area contributed by atoms with Gasteiger partial charge in [0.25, 0.3) is 0 Å². The molecule has 0 amide bonds. The van der Waals surface area contributed by atoms with Gasteiger partial charge in [0.2, 0.25) is 0 Å². The molecule has 3 aromatic rings. The molecule has 158 valence electrons. The summed E-state index contributed by atoms with van der Waals surface area (Å²) in [6, 6.07) is 14.0. The van der Waals surface area contributed by atoms with Gasteiger partial charge in [-0.05, 0) is 43.7 Å². The van der Waals surface area contributed by atoms with Crippen LogP contribution in [0.4, 0.5) is 5.69 Å². The number of guanidine groups is 1. The van der Waals surface area contributed by atoms with E-state index in [2.05, 4.69) is 38.3 Å². The number of halogens is 1. The number of nitrogens with one attached hydrogen (secondary N) is 1. The van der Waals surface area contributed by atoms with Crippen LogP contribution in [0.15, 0.2) is 53.7 Å². The molecular formula is C22H28ClN7. The number of aryl methyl sites for hydroxylation is 1. The van der Waals surface area contributed by atoms with Crippen molar-refractivity contribution in [3.63, 3.8) is 0 Å².